The van der Waals surface area contributed by atoms with E-state index < -0.39 is 0 Å². The van der Waals surface area contributed by atoms with Gasteiger partial charge in [0.05, 0.1) is 5.38 Å². The molecular weight excluding hydrogens is 287 g/mol. The molecule has 0 bridgehead atoms. The van der Waals surface area contributed by atoms with Crippen molar-refractivity contribution in [2.45, 2.75) is 18.7 Å². The van der Waals surface area contributed by atoms with Gasteiger partial charge in [0, 0.05) is 10.0 Å². The van der Waals surface area contributed by atoms with Gasteiger partial charge in [-0.3, -0.25) is 0 Å². The predicted molar refractivity (Wildman–Crippen MR) is 79.9 cm³/mol. The second-order valence-corrected chi connectivity index (χ2v) is 5.63. The Hall–Kier alpha value is -0.690. The van der Waals surface area contributed by atoms with Gasteiger partial charge in [0.25, 0.3) is 0 Å². The van der Waals surface area contributed by atoms with Crippen LogP contribution in [0.4, 0.5) is 0 Å². The monoisotopic (exact) mass is 298 g/mol. The van der Waals surface area contributed by atoms with Gasteiger partial charge in [-0.2, -0.15) is 0 Å². The molecule has 0 aliphatic rings. The molecule has 2 aromatic rings. The largest absolute Gasteiger partial charge is 0.117 e. The highest BCUT2D eigenvalue weighted by molar-refractivity contribution is 6.34. The first-order valence-electron chi connectivity index (χ1n) is 5.71. The molecule has 3 heteroatoms. The molecule has 0 fully saturated rings. The van der Waals surface area contributed by atoms with Crippen LogP contribution in [-0.2, 0) is 6.42 Å². The number of benzene rings is 2. The first kappa shape index (κ1) is 13.7. The van der Waals surface area contributed by atoms with Crippen molar-refractivity contribution < 1.29 is 0 Å². The molecular formula is C15H13Cl3. The molecule has 0 aromatic heterocycles. The normalized spacial score (nSPS) is 12.4. The maximum atomic E-state index is 6.45. The lowest BCUT2D eigenvalue weighted by Gasteiger charge is -2.13. The molecule has 1 atom stereocenters. The summed E-state index contributed by atoms with van der Waals surface area (Å²) >= 11 is 18.6. The van der Waals surface area contributed by atoms with Gasteiger partial charge in [-0.1, -0.05) is 47.5 Å². The van der Waals surface area contributed by atoms with E-state index >= 15 is 0 Å². The quantitative estimate of drug-likeness (QED) is 0.626. The molecule has 0 heterocycles. The SMILES string of the molecule is Cc1ccccc1CC(Cl)c1cc(Cl)ccc1Cl. The van der Waals surface area contributed by atoms with Crippen LogP contribution in [0, 0.1) is 6.92 Å². The molecule has 18 heavy (non-hydrogen) atoms. The zero-order chi connectivity index (χ0) is 13.1. The topological polar surface area (TPSA) is 0 Å². The summed E-state index contributed by atoms with van der Waals surface area (Å²) in [5, 5.41) is 1.15. The Labute approximate surface area is 122 Å². The average molecular weight is 300 g/mol. The van der Waals surface area contributed by atoms with Crippen molar-refractivity contribution in [2.75, 3.05) is 0 Å². The van der Waals surface area contributed by atoms with Crippen LogP contribution in [0.25, 0.3) is 0 Å². The number of hydrogen-bond acceptors (Lipinski definition) is 0. The summed E-state index contributed by atoms with van der Waals surface area (Å²) in [6.45, 7) is 2.08. The van der Waals surface area contributed by atoms with Crippen LogP contribution in [-0.4, -0.2) is 0 Å². The van der Waals surface area contributed by atoms with E-state index in [1.807, 2.05) is 18.2 Å². The Kier molecular flexibility index (Phi) is 4.55. The highest BCUT2D eigenvalue weighted by atomic mass is 35.5. The number of hydrogen-bond donors (Lipinski definition) is 0. The van der Waals surface area contributed by atoms with E-state index in [4.69, 9.17) is 34.8 Å². The molecule has 0 amide bonds. The molecule has 0 aliphatic heterocycles. The molecule has 1 unspecified atom stereocenters. The molecule has 0 saturated carbocycles. The van der Waals surface area contributed by atoms with Gasteiger partial charge in [0.15, 0.2) is 0 Å². The van der Waals surface area contributed by atoms with E-state index in [1.165, 1.54) is 11.1 Å². The lowest BCUT2D eigenvalue weighted by molar-refractivity contribution is 0.911. The molecule has 0 radical (unpaired) electrons. The van der Waals surface area contributed by atoms with Crippen LogP contribution in [0.5, 0.6) is 0 Å². The van der Waals surface area contributed by atoms with Gasteiger partial charge in [-0.15, -0.1) is 11.6 Å². The summed E-state index contributed by atoms with van der Waals surface area (Å²) in [5.41, 5.74) is 3.35. The highest BCUT2D eigenvalue weighted by Gasteiger charge is 2.14. The van der Waals surface area contributed by atoms with Gasteiger partial charge < -0.3 is 0 Å². The number of halogens is 3. The van der Waals surface area contributed by atoms with Crippen molar-refractivity contribution in [2.24, 2.45) is 0 Å². The average Bonchev–Trinajstić information content (AvgIpc) is 2.35. The minimum absolute atomic E-state index is 0.169. The van der Waals surface area contributed by atoms with E-state index in [0.717, 1.165) is 12.0 Å². The van der Waals surface area contributed by atoms with Crippen LogP contribution in [0.1, 0.15) is 22.1 Å². The number of alkyl halides is 1. The van der Waals surface area contributed by atoms with Crippen molar-refractivity contribution in [1.82, 2.24) is 0 Å². The summed E-state index contributed by atoms with van der Waals surface area (Å²) in [7, 11) is 0. The maximum absolute atomic E-state index is 6.45. The third kappa shape index (κ3) is 3.20. The Morgan fingerprint density at radius 3 is 2.50 bits per heavy atom. The standard InChI is InChI=1S/C15H13Cl3/c1-10-4-2-3-5-11(10)8-15(18)13-9-12(16)6-7-14(13)17/h2-7,9,15H,8H2,1H3. The molecule has 94 valence electrons. The fourth-order valence-electron chi connectivity index (χ4n) is 1.90. The van der Waals surface area contributed by atoms with Crippen LogP contribution < -0.4 is 0 Å². The number of aryl methyl sites for hydroxylation is 1. The Morgan fingerprint density at radius 2 is 1.78 bits per heavy atom. The van der Waals surface area contributed by atoms with Crippen molar-refractivity contribution in [3.8, 4) is 0 Å². The summed E-state index contributed by atoms with van der Waals surface area (Å²) in [6.07, 6.45) is 0.744. The number of rotatable bonds is 3. The predicted octanol–water partition coefficient (Wildman–Crippen LogP) is 5.82. The van der Waals surface area contributed by atoms with Crippen molar-refractivity contribution >= 4 is 34.8 Å². The van der Waals surface area contributed by atoms with E-state index in [0.29, 0.717) is 10.0 Å². The van der Waals surface area contributed by atoms with E-state index in [-0.39, 0.29) is 5.38 Å². The van der Waals surface area contributed by atoms with E-state index in [2.05, 4.69) is 19.1 Å². The van der Waals surface area contributed by atoms with Crippen molar-refractivity contribution in [1.29, 1.82) is 0 Å². The van der Waals surface area contributed by atoms with E-state index in [9.17, 15) is 0 Å². The third-order valence-electron chi connectivity index (χ3n) is 2.96. The molecule has 0 N–H and O–H groups in total. The lowest BCUT2D eigenvalue weighted by atomic mass is 10.0. The van der Waals surface area contributed by atoms with Crippen LogP contribution >= 0.6 is 34.8 Å². The Morgan fingerprint density at radius 1 is 1.06 bits per heavy atom. The molecule has 0 saturated heterocycles. The molecule has 2 rings (SSSR count). The molecule has 2 aromatic carbocycles. The van der Waals surface area contributed by atoms with Crippen LogP contribution in [0.2, 0.25) is 10.0 Å². The van der Waals surface area contributed by atoms with Gasteiger partial charge in [0.2, 0.25) is 0 Å². The zero-order valence-electron chi connectivity index (χ0n) is 9.96. The molecule has 0 spiro atoms. The third-order valence-corrected chi connectivity index (χ3v) is 3.92. The highest BCUT2D eigenvalue weighted by Crippen LogP contribution is 2.33. The Bertz CT molecular complexity index is 549. The van der Waals surface area contributed by atoms with Crippen LogP contribution in [0.3, 0.4) is 0 Å². The summed E-state index contributed by atoms with van der Waals surface area (Å²) in [5.74, 6) is 0. The minimum Gasteiger partial charge on any atom is -0.117 e. The van der Waals surface area contributed by atoms with Gasteiger partial charge in [0.1, 0.15) is 0 Å². The second kappa shape index (κ2) is 5.97. The first-order chi connectivity index (χ1) is 8.58. The fourth-order valence-corrected chi connectivity index (χ4v) is 2.73. The van der Waals surface area contributed by atoms with Crippen LogP contribution in [0.15, 0.2) is 42.5 Å². The lowest BCUT2D eigenvalue weighted by Crippen LogP contribution is -1.98. The minimum atomic E-state index is -0.169. The fraction of sp³-hybridized carbons (Fsp3) is 0.200. The summed E-state index contributed by atoms with van der Waals surface area (Å²) < 4.78 is 0. The van der Waals surface area contributed by atoms with Crippen molar-refractivity contribution in [3.63, 3.8) is 0 Å². The van der Waals surface area contributed by atoms with Gasteiger partial charge in [-0.25, -0.2) is 0 Å². The van der Waals surface area contributed by atoms with E-state index in [1.54, 1.807) is 12.1 Å². The maximum Gasteiger partial charge on any atom is 0.0640 e. The Balaban J connectivity index is 2.25. The van der Waals surface area contributed by atoms with Gasteiger partial charge in [-0.05, 0) is 48.2 Å². The molecule has 0 aliphatic carbocycles. The second-order valence-electron chi connectivity index (χ2n) is 4.26. The smallest absolute Gasteiger partial charge is 0.0640 e. The zero-order valence-corrected chi connectivity index (χ0v) is 12.2. The van der Waals surface area contributed by atoms with Gasteiger partial charge >= 0.3 is 0 Å². The first-order valence-corrected chi connectivity index (χ1v) is 6.90. The summed E-state index contributed by atoms with van der Waals surface area (Å²) in [4.78, 5) is 0. The van der Waals surface area contributed by atoms with Crippen molar-refractivity contribution in [3.05, 3.63) is 69.2 Å². The summed E-state index contributed by atoms with van der Waals surface area (Å²) in [6, 6.07) is 13.6. The molecule has 0 nitrogen and oxygen atoms in total.